The first-order chi connectivity index (χ1) is 10.5. The second-order valence-electron chi connectivity index (χ2n) is 4.10. The highest BCUT2D eigenvalue weighted by Crippen LogP contribution is 2.51. The number of carbonyl (C=O) groups is 3. The van der Waals surface area contributed by atoms with Crippen molar-refractivity contribution in [3.05, 3.63) is 19.6 Å². The first-order valence-electron chi connectivity index (χ1n) is 6.53. The van der Waals surface area contributed by atoms with Gasteiger partial charge in [0.05, 0.1) is 28.7 Å². The fourth-order valence-corrected chi connectivity index (χ4v) is 4.32. The van der Waals surface area contributed by atoms with Crippen LogP contribution in [0.1, 0.15) is 20.8 Å². The summed E-state index contributed by atoms with van der Waals surface area (Å²) in [6.07, 6.45) is 0. The van der Waals surface area contributed by atoms with Crippen molar-refractivity contribution in [2.45, 2.75) is 20.8 Å². The number of nitrogens with one attached hydrogen (secondary N) is 1. The molecule has 1 amide bonds. The van der Waals surface area contributed by atoms with Crippen LogP contribution in [-0.2, 0) is 23.9 Å². The van der Waals surface area contributed by atoms with Gasteiger partial charge in [-0.05, 0) is 20.8 Å². The van der Waals surface area contributed by atoms with E-state index in [-0.39, 0.29) is 28.9 Å². The monoisotopic (exact) mass is 342 g/mol. The number of carbonyl (C=O) groups excluding carboxylic acids is 3. The van der Waals surface area contributed by atoms with Crippen LogP contribution in [0.4, 0.5) is 0 Å². The summed E-state index contributed by atoms with van der Waals surface area (Å²) >= 11 is 2.06. The highest BCUT2D eigenvalue weighted by molar-refractivity contribution is 8.29. The van der Waals surface area contributed by atoms with E-state index in [4.69, 9.17) is 9.47 Å². The van der Waals surface area contributed by atoms with Gasteiger partial charge in [0.2, 0.25) is 0 Å². The van der Waals surface area contributed by atoms with Gasteiger partial charge in [-0.2, -0.15) is 5.10 Å². The lowest BCUT2D eigenvalue weighted by atomic mass is 10.2. The molecule has 22 heavy (non-hydrogen) atoms. The van der Waals surface area contributed by atoms with Crippen molar-refractivity contribution in [2.75, 3.05) is 13.2 Å². The van der Waals surface area contributed by atoms with Crippen molar-refractivity contribution in [1.82, 2.24) is 5.43 Å². The predicted molar refractivity (Wildman–Crippen MR) is 83.8 cm³/mol. The minimum absolute atomic E-state index is 0.139. The molecule has 9 heteroatoms. The molecule has 0 saturated carbocycles. The van der Waals surface area contributed by atoms with E-state index in [2.05, 4.69) is 10.5 Å². The Bertz CT molecular complexity index is 604. The van der Waals surface area contributed by atoms with E-state index >= 15 is 0 Å². The van der Waals surface area contributed by atoms with E-state index in [1.165, 1.54) is 0 Å². The van der Waals surface area contributed by atoms with Gasteiger partial charge in [0.25, 0.3) is 5.91 Å². The normalized spacial score (nSPS) is 17.6. The van der Waals surface area contributed by atoms with E-state index in [9.17, 15) is 14.4 Å². The van der Waals surface area contributed by atoms with Gasteiger partial charge in [-0.1, -0.05) is 23.5 Å². The van der Waals surface area contributed by atoms with Crippen molar-refractivity contribution in [1.29, 1.82) is 0 Å². The lowest BCUT2D eigenvalue weighted by Crippen LogP contribution is -2.13. The molecule has 2 rings (SSSR count). The minimum Gasteiger partial charge on any atom is -0.462 e. The lowest BCUT2D eigenvalue weighted by molar-refractivity contribution is -0.140. The summed E-state index contributed by atoms with van der Waals surface area (Å²) < 4.78 is 10.4. The van der Waals surface area contributed by atoms with Crippen LogP contribution in [0, 0.1) is 0 Å². The summed E-state index contributed by atoms with van der Waals surface area (Å²) in [6, 6.07) is 0. The van der Waals surface area contributed by atoms with Crippen LogP contribution in [-0.4, -0.2) is 36.8 Å². The molecule has 0 aromatic heterocycles. The molecule has 0 aliphatic carbocycles. The molecule has 0 radical (unpaired) electrons. The molecular weight excluding hydrogens is 328 g/mol. The first kappa shape index (κ1) is 16.6. The standard InChI is InChI=1S/C13H14N2O5S2/c1-4-19-11(17)8-9(12(18)20-5-2)22-13(21-8)7-6(3)14-15-10(7)16/h4-5H2,1-3H3,(H,15,16). The zero-order chi connectivity index (χ0) is 16.3. The molecular formula is C13H14N2O5S2. The van der Waals surface area contributed by atoms with Gasteiger partial charge >= 0.3 is 11.9 Å². The van der Waals surface area contributed by atoms with Crippen molar-refractivity contribution in [3.8, 4) is 0 Å². The van der Waals surface area contributed by atoms with Crippen LogP contribution in [0.15, 0.2) is 24.7 Å². The molecule has 2 heterocycles. The third kappa shape index (κ3) is 3.20. The number of rotatable bonds is 4. The summed E-state index contributed by atoms with van der Waals surface area (Å²) in [5, 5.41) is 3.84. The number of thioether (sulfide) groups is 2. The van der Waals surface area contributed by atoms with Crippen LogP contribution in [0.3, 0.4) is 0 Å². The fraction of sp³-hybridized carbons (Fsp3) is 0.385. The third-order valence-electron chi connectivity index (χ3n) is 2.64. The van der Waals surface area contributed by atoms with E-state index in [1.54, 1.807) is 20.8 Å². The molecule has 1 N–H and O–H groups in total. The van der Waals surface area contributed by atoms with Crippen LogP contribution >= 0.6 is 23.5 Å². The molecule has 7 nitrogen and oxygen atoms in total. The summed E-state index contributed by atoms with van der Waals surface area (Å²) in [6.45, 7) is 5.41. The molecule has 0 bridgehead atoms. The van der Waals surface area contributed by atoms with E-state index < -0.39 is 11.9 Å². The van der Waals surface area contributed by atoms with Crippen molar-refractivity contribution < 1.29 is 23.9 Å². The lowest BCUT2D eigenvalue weighted by Gasteiger charge is -2.04. The van der Waals surface area contributed by atoms with Crippen LogP contribution in [0.25, 0.3) is 0 Å². The van der Waals surface area contributed by atoms with Crippen molar-refractivity contribution in [3.63, 3.8) is 0 Å². The van der Waals surface area contributed by atoms with E-state index in [0.717, 1.165) is 23.5 Å². The molecule has 0 unspecified atom stereocenters. The number of nitrogens with zero attached hydrogens (tertiary/aromatic N) is 1. The number of amides is 1. The minimum atomic E-state index is -0.605. The zero-order valence-corrected chi connectivity index (χ0v) is 13.9. The van der Waals surface area contributed by atoms with Crippen molar-refractivity contribution >= 4 is 47.1 Å². The van der Waals surface area contributed by atoms with Gasteiger partial charge in [0, 0.05) is 0 Å². The Balaban J connectivity index is 2.37. The fourth-order valence-electron chi connectivity index (χ4n) is 1.71. The maximum Gasteiger partial charge on any atom is 0.346 e. The molecule has 2 aliphatic heterocycles. The van der Waals surface area contributed by atoms with Gasteiger partial charge in [-0.3, -0.25) is 4.79 Å². The molecule has 2 aliphatic rings. The molecule has 0 aromatic rings. The Morgan fingerprint density at radius 2 is 1.59 bits per heavy atom. The Labute approximate surface area is 135 Å². The van der Waals surface area contributed by atoms with E-state index in [1.807, 2.05) is 0 Å². The van der Waals surface area contributed by atoms with Gasteiger partial charge < -0.3 is 9.47 Å². The van der Waals surface area contributed by atoms with Crippen LogP contribution in [0.5, 0.6) is 0 Å². The molecule has 0 saturated heterocycles. The second-order valence-corrected chi connectivity index (χ2v) is 6.40. The number of hydrazone groups is 1. The molecule has 0 spiro atoms. The average Bonchev–Trinajstić information content (AvgIpc) is 3.03. The number of ether oxygens (including phenoxy) is 2. The van der Waals surface area contributed by atoms with Gasteiger partial charge in [-0.25, -0.2) is 15.0 Å². The summed E-state index contributed by atoms with van der Waals surface area (Å²) in [7, 11) is 0. The largest absolute Gasteiger partial charge is 0.462 e. The number of esters is 2. The quantitative estimate of drug-likeness (QED) is 0.611. The number of hydrogen-bond acceptors (Lipinski definition) is 8. The zero-order valence-electron chi connectivity index (χ0n) is 12.2. The highest BCUT2D eigenvalue weighted by atomic mass is 32.2. The molecule has 118 valence electrons. The van der Waals surface area contributed by atoms with E-state index in [0.29, 0.717) is 15.5 Å². The third-order valence-corrected chi connectivity index (χ3v) is 5.19. The van der Waals surface area contributed by atoms with Crippen molar-refractivity contribution in [2.24, 2.45) is 5.10 Å². The highest BCUT2D eigenvalue weighted by Gasteiger charge is 2.37. The molecule has 0 fully saturated rings. The first-order valence-corrected chi connectivity index (χ1v) is 8.16. The van der Waals surface area contributed by atoms with Gasteiger partial charge in [0.1, 0.15) is 9.81 Å². The Kier molecular flexibility index (Phi) is 5.30. The van der Waals surface area contributed by atoms with Crippen LogP contribution < -0.4 is 5.43 Å². The summed E-state index contributed by atoms with van der Waals surface area (Å²) in [5.74, 6) is -1.57. The molecule has 0 atom stereocenters. The maximum absolute atomic E-state index is 12.0. The van der Waals surface area contributed by atoms with Crippen LogP contribution in [0.2, 0.25) is 0 Å². The van der Waals surface area contributed by atoms with Gasteiger partial charge in [-0.15, -0.1) is 0 Å². The Morgan fingerprint density at radius 1 is 1.09 bits per heavy atom. The SMILES string of the molecule is CCOC(=O)C1=C(C(=O)OCC)SC(=C2C(=O)NN=C2C)S1. The summed E-state index contributed by atoms with van der Waals surface area (Å²) in [4.78, 5) is 36.1. The number of hydrogen-bond donors (Lipinski definition) is 1. The Morgan fingerprint density at radius 3 is 1.95 bits per heavy atom. The maximum atomic E-state index is 12.0. The topological polar surface area (TPSA) is 94.1 Å². The second kappa shape index (κ2) is 7.01. The Hall–Kier alpha value is -1.74. The molecule has 0 aromatic carbocycles. The van der Waals surface area contributed by atoms with Gasteiger partial charge in [0.15, 0.2) is 0 Å². The summed E-state index contributed by atoms with van der Waals surface area (Å²) in [5.41, 5.74) is 3.21. The predicted octanol–water partition coefficient (Wildman–Crippen LogP) is 1.52. The average molecular weight is 342 g/mol. The smallest absolute Gasteiger partial charge is 0.346 e.